The number of amides is 1. The lowest BCUT2D eigenvalue weighted by Gasteiger charge is -2.06. The molecule has 0 fully saturated rings. The Bertz CT molecular complexity index is 578. The van der Waals surface area contributed by atoms with Crippen molar-refractivity contribution < 1.29 is 9.18 Å². The van der Waals surface area contributed by atoms with Crippen LogP contribution in [0.2, 0.25) is 0 Å². The van der Waals surface area contributed by atoms with E-state index in [0.29, 0.717) is 19.4 Å². The molecule has 0 aliphatic rings. The Hall–Kier alpha value is -2.16. The summed E-state index contributed by atoms with van der Waals surface area (Å²) in [5, 5.41) is 2.89. The minimum atomic E-state index is -0.252. The van der Waals surface area contributed by atoms with Gasteiger partial charge in [0.2, 0.25) is 5.91 Å². The van der Waals surface area contributed by atoms with Crippen LogP contribution in [0, 0.1) is 12.7 Å². The number of rotatable bonds is 5. The number of halogens is 1. The third-order valence-electron chi connectivity index (χ3n) is 3.13. The minimum Gasteiger partial charge on any atom is -0.352 e. The van der Waals surface area contributed by atoms with Crippen molar-refractivity contribution in [1.82, 2.24) is 5.32 Å². The van der Waals surface area contributed by atoms with Gasteiger partial charge in [-0.2, -0.15) is 0 Å². The van der Waals surface area contributed by atoms with Crippen LogP contribution in [0.1, 0.15) is 23.1 Å². The highest BCUT2D eigenvalue weighted by Gasteiger charge is 2.03. The van der Waals surface area contributed by atoms with Crippen LogP contribution in [-0.4, -0.2) is 5.91 Å². The van der Waals surface area contributed by atoms with E-state index in [-0.39, 0.29) is 11.7 Å². The summed E-state index contributed by atoms with van der Waals surface area (Å²) in [5.74, 6) is -0.242. The first-order valence-corrected chi connectivity index (χ1v) is 6.70. The van der Waals surface area contributed by atoms with Gasteiger partial charge in [-0.15, -0.1) is 0 Å². The van der Waals surface area contributed by atoms with E-state index >= 15 is 0 Å². The number of carbonyl (C=O) groups is 1. The van der Waals surface area contributed by atoms with Crippen molar-refractivity contribution in [2.24, 2.45) is 0 Å². The SMILES string of the molecule is Cc1cccc(CNC(=O)CCc2ccc(F)cc2)c1. The Morgan fingerprint density at radius 3 is 2.55 bits per heavy atom. The summed E-state index contributed by atoms with van der Waals surface area (Å²) in [7, 11) is 0. The van der Waals surface area contributed by atoms with E-state index in [1.165, 1.54) is 17.7 Å². The largest absolute Gasteiger partial charge is 0.352 e. The molecule has 0 saturated heterocycles. The Labute approximate surface area is 118 Å². The summed E-state index contributed by atoms with van der Waals surface area (Å²) in [6, 6.07) is 14.3. The monoisotopic (exact) mass is 271 g/mol. The second kappa shape index (κ2) is 6.85. The molecule has 0 aromatic heterocycles. The Kier molecular flexibility index (Phi) is 4.88. The summed E-state index contributed by atoms with van der Waals surface area (Å²) >= 11 is 0. The molecule has 20 heavy (non-hydrogen) atoms. The lowest BCUT2D eigenvalue weighted by atomic mass is 10.1. The molecule has 2 nitrogen and oxygen atoms in total. The summed E-state index contributed by atoms with van der Waals surface area (Å²) in [6.07, 6.45) is 1.04. The molecule has 0 spiro atoms. The molecule has 0 unspecified atom stereocenters. The summed E-state index contributed by atoms with van der Waals surface area (Å²) in [5.41, 5.74) is 3.25. The van der Waals surface area contributed by atoms with Crippen LogP contribution >= 0.6 is 0 Å². The zero-order chi connectivity index (χ0) is 14.4. The molecule has 1 N–H and O–H groups in total. The molecule has 0 saturated carbocycles. The molecule has 0 aliphatic carbocycles. The fourth-order valence-corrected chi connectivity index (χ4v) is 2.02. The van der Waals surface area contributed by atoms with Gasteiger partial charge in [-0.05, 0) is 36.6 Å². The smallest absolute Gasteiger partial charge is 0.220 e. The fourth-order valence-electron chi connectivity index (χ4n) is 2.02. The number of nitrogens with one attached hydrogen (secondary N) is 1. The summed E-state index contributed by atoms with van der Waals surface area (Å²) < 4.78 is 12.7. The average molecular weight is 271 g/mol. The summed E-state index contributed by atoms with van der Waals surface area (Å²) in [6.45, 7) is 2.57. The van der Waals surface area contributed by atoms with E-state index in [4.69, 9.17) is 0 Å². The number of benzene rings is 2. The van der Waals surface area contributed by atoms with Gasteiger partial charge in [-0.1, -0.05) is 42.0 Å². The number of hydrogen-bond acceptors (Lipinski definition) is 1. The van der Waals surface area contributed by atoms with E-state index < -0.39 is 0 Å². The molecular formula is C17H18FNO. The number of carbonyl (C=O) groups excluding carboxylic acids is 1. The zero-order valence-corrected chi connectivity index (χ0v) is 11.5. The van der Waals surface area contributed by atoms with Crippen LogP contribution in [0.15, 0.2) is 48.5 Å². The minimum absolute atomic E-state index is 0.0100. The highest BCUT2D eigenvalue weighted by molar-refractivity contribution is 5.76. The fraction of sp³-hybridized carbons (Fsp3) is 0.235. The molecular weight excluding hydrogens is 253 g/mol. The van der Waals surface area contributed by atoms with Crippen molar-refractivity contribution >= 4 is 5.91 Å². The molecule has 0 atom stereocenters. The third kappa shape index (κ3) is 4.50. The molecule has 3 heteroatoms. The maximum Gasteiger partial charge on any atom is 0.220 e. The second-order valence-corrected chi connectivity index (χ2v) is 4.89. The maximum absolute atomic E-state index is 12.7. The van der Waals surface area contributed by atoms with Crippen LogP contribution in [-0.2, 0) is 17.8 Å². The standard InChI is InChI=1S/C17H18FNO/c1-13-3-2-4-15(11-13)12-19-17(20)10-7-14-5-8-16(18)9-6-14/h2-6,8-9,11H,7,10,12H2,1H3,(H,19,20). The highest BCUT2D eigenvalue weighted by Crippen LogP contribution is 2.06. The van der Waals surface area contributed by atoms with Crippen LogP contribution in [0.25, 0.3) is 0 Å². The van der Waals surface area contributed by atoms with Crippen molar-refractivity contribution in [2.75, 3.05) is 0 Å². The van der Waals surface area contributed by atoms with Gasteiger partial charge in [0.1, 0.15) is 5.82 Å². The Morgan fingerprint density at radius 1 is 1.10 bits per heavy atom. The van der Waals surface area contributed by atoms with Crippen LogP contribution in [0.4, 0.5) is 4.39 Å². The van der Waals surface area contributed by atoms with E-state index in [1.54, 1.807) is 12.1 Å². The van der Waals surface area contributed by atoms with E-state index in [1.807, 2.05) is 25.1 Å². The third-order valence-corrected chi connectivity index (χ3v) is 3.13. The molecule has 2 rings (SSSR count). The maximum atomic E-state index is 12.7. The van der Waals surface area contributed by atoms with Gasteiger partial charge in [0.25, 0.3) is 0 Å². The lowest BCUT2D eigenvalue weighted by molar-refractivity contribution is -0.121. The molecule has 2 aromatic carbocycles. The van der Waals surface area contributed by atoms with Gasteiger partial charge in [0, 0.05) is 13.0 Å². The molecule has 104 valence electrons. The van der Waals surface area contributed by atoms with Gasteiger partial charge >= 0.3 is 0 Å². The Balaban J connectivity index is 1.77. The molecule has 0 radical (unpaired) electrons. The first kappa shape index (κ1) is 14.3. The average Bonchev–Trinajstić information content (AvgIpc) is 2.45. The predicted octanol–water partition coefficient (Wildman–Crippen LogP) is 3.38. The van der Waals surface area contributed by atoms with Crippen molar-refractivity contribution in [3.05, 3.63) is 71.0 Å². The number of hydrogen-bond donors (Lipinski definition) is 1. The van der Waals surface area contributed by atoms with E-state index in [0.717, 1.165) is 11.1 Å². The normalized spacial score (nSPS) is 10.3. The van der Waals surface area contributed by atoms with Crippen molar-refractivity contribution in [2.45, 2.75) is 26.3 Å². The topological polar surface area (TPSA) is 29.1 Å². The molecule has 0 heterocycles. The van der Waals surface area contributed by atoms with Crippen LogP contribution in [0.5, 0.6) is 0 Å². The first-order valence-electron chi connectivity index (χ1n) is 6.70. The van der Waals surface area contributed by atoms with Gasteiger partial charge in [0.05, 0.1) is 0 Å². The lowest BCUT2D eigenvalue weighted by Crippen LogP contribution is -2.23. The van der Waals surface area contributed by atoms with E-state index in [2.05, 4.69) is 11.4 Å². The molecule has 0 bridgehead atoms. The molecule has 2 aromatic rings. The van der Waals surface area contributed by atoms with Crippen molar-refractivity contribution in [3.8, 4) is 0 Å². The van der Waals surface area contributed by atoms with Gasteiger partial charge in [-0.25, -0.2) is 4.39 Å². The first-order chi connectivity index (χ1) is 9.63. The molecule has 0 aliphatic heterocycles. The van der Waals surface area contributed by atoms with Crippen molar-refractivity contribution in [3.63, 3.8) is 0 Å². The van der Waals surface area contributed by atoms with E-state index in [9.17, 15) is 9.18 Å². The second-order valence-electron chi connectivity index (χ2n) is 4.89. The zero-order valence-electron chi connectivity index (χ0n) is 11.5. The number of aryl methyl sites for hydroxylation is 2. The van der Waals surface area contributed by atoms with Crippen LogP contribution < -0.4 is 5.32 Å². The van der Waals surface area contributed by atoms with Gasteiger partial charge in [-0.3, -0.25) is 4.79 Å². The van der Waals surface area contributed by atoms with Gasteiger partial charge < -0.3 is 5.32 Å². The van der Waals surface area contributed by atoms with Gasteiger partial charge in [0.15, 0.2) is 0 Å². The highest BCUT2D eigenvalue weighted by atomic mass is 19.1. The quantitative estimate of drug-likeness (QED) is 0.887. The Morgan fingerprint density at radius 2 is 1.85 bits per heavy atom. The van der Waals surface area contributed by atoms with Crippen LogP contribution in [0.3, 0.4) is 0 Å². The summed E-state index contributed by atoms with van der Waals surface area (Å²) in [4.78, 5) is 11.8. The molecule has 1 amide bonds. The van der Waals surface area contributed by atoms with Crippen molar-refractivity contribution in [1.29, 1.82) is 0 Å². The predicted molar refractivity (Wildman–Crippen MR) is 77.7 cm³/mol.